The molecule has 3 rings (SSSR count). The van der Waals surface area contributed by atoms with Crippen molar-refractivity contribution >= 4 is 6.29 Å². The molecular formula is C16H13N3O. The highest BCUT2D eigenvalue weighted by molar-refractivity contribution is 5.74. The number of carbonyl (C=O) groups excluding carboxylic acids is 1. The number of benzene rings is 1. The third-order valence-electron chi connectivity index (χ3n) is 3.11. The number of aldehydes is 1. The smallest absolute Gasteiger partial charge is 0.156 e. The van der Waals surface area contributed by atoms with E-state index in [2.05, 4.69) is 10.1 Å². The lowest BCUT2D eigenvalue weighted by Crippen LogP contribution is -2.01. The van der Waals surface area contributed by atoms with E-state index in [1.165, 1.54) is 0 Å². The monoisotopic (exact) mass is 263 g/mol. The molecule has 4 heteroatoms. The first-order chi connectivity index (χ1) is 9.78. The highest BCUT2D eigenvalue weighted by Gasteiger charge is 2.07. The maximum absolute atomic E-state index is 10.7. The van der Waals surface area contributed by atoms with Gasteiger partial charge in [0.2, 0.25) is 0 Å². The number of carbonyl (C=O) groups is 1. The van der Waals surface area contributed by atoms with Crippen LogP contribution in [0.3, 0.4) is 0 Å². The first-order valence-corrected chi connectivity index (χ1v) is 6.30. The Labute approximate surface area is 116 Å². The van der Waals surface area contributed by atoms with Crippen molar-refractivity contribution in [3.8, 4) is 16.9 Å². The molecule has 0 saturated heterocycles. The fourth-order valence-electron chi connectivity index (χ4n) is 2.11. The minimum Gasteiger partial charge on any atom is -0.298 e. The molecule has 0 unspecified atom stereocenters. The van der Waals surface area contributed by atoms with Crippen LogP contribution in [0.4, 0.5) is 0 Å². The number of aryl methyl sites for hydroxylation is 1. The second kappa shape index (κ2) is 5.09. The molecule has 0 aliphatic carbocycles. The van der Waals surface area contributed by atoms with Crippen molar-refractivity contribution in [2.24, 2.45) is 0 Å². The molecule has 98 valence electrons. The fraction of sp³-hybridized carbons (Fsp3) is 0.0625. The van der Waals surface area contributed by atoms with Crippen LogP contribution in [0, 0.1) is 6.92 Å². The molecule has 0 radical (unpaired) electrons. The normalized spacial score (nSPS) is 10.4. The fourth-order valence-corrected chi connectivity index (χ4v) is 2.11. The van der Waals surface area contributed by atoms with Crippen molar-refractivity contribution in [3.63, 3.8) is 0 Å². The van der Waals surface area contributed by atoms with Gasteiger partial charge in [0.25, 0.3) is 0 Å². The minimum absolute atomic E-state index is 0.571. The van der Waals surface area contributed by atoms with Gasteiger partial charge in [-0.3, -0.25) is 4.79 Å². The maximum Gasteiger partial charge on any atom is 0.156 e. The van der Waals surface area contributed by atoms with Gasteiger partial charge < -0.3 is 0 Å². The van der Waals surface area contributed by atoms with Gasteiger partial charge in [0.15, 0.2) is 12.1 Å². The molecule has 0 aliphatic rings. The van der Waals surface area contributed by atoms with Crippen LogP contribution in [0.1, 0.15) is 15.9 Å². The van der Waals surface area contributed by atoms with E-state index >= 15 is 0 Å². The van der Waals surface area contributed by atoms with E-state index < -0.39 is 0 Å². The Morgan fingerprint density at radius 1 is 1.10 bits per heavy atom. The number of aromatic nitrogens is 3. The number of hydrogen-bond acceptors (Lipinski definition) is 3. The summed E-state index contributed by atoms with van der Waals surface area (Å²) in [6, 6.07) is 11.9. The van der Waals surface area contributed by atoms with Crippen LogP contribution >= 0.6 is 0 Å². The maximum atomic E-state index is 10.7. The molecule has 0 N–H and O–H groups in total. The van der Waals surface area contributed by atoms with Crippen molar-refractivity contribution in [2.75, 3.05) is 0 Å². The zero-order valence-electron chi connectivity index (χ0n) is 11.0. The lowest BCUT2D eigenvalue weighted by Gasteiger charge is -2.04. The summed E-state index contributed by atoms with van der Waals surface area (Å²) in [5, 5.41) is 4.34. The van der Waals surface area contributed by atoms with E-state index in [1.54, 1.807) is 16.9 Å². The Bertz CT molecular complexity index is 747. The number of rotatable bonds is 3. The molecule has 0 amide bonds. The van der Waals surface area contributed by atoms with Crippen LogP contribution in [-0.2, 0) is 0 Å². The molecule has 4 nitrogen and oxygen atoms in total. The Morgan fingerprint density at radius 2 is 1.90 bits per heavy atom. The Kier molecular flexibility index (Phi) is 3.13. The van der Waals surface area contributed by atoms with Gasteiger partial charge in [-0.25, -0.2) is 9.67 Å². The highest BCUT2D eigenvalue weighted by Crippen LogP contribution is 2.20. The first-order valence-electron chi connectivity index (χ1n) is 6.30. The quantitative estimate of drug-likeness (QED) is 0.682. The molecule has 3 aromatic rings. The third kappa shape index (κ3) is 2.23. The van der Waals surface area contributed by atoms with Gasteiger partial charge in [-0.15, -0.1) is 0 Å². The lowest BCUT2D eigenvalue weighted by molar-refractivity contribution is 0.112. The van der Waals surface area contributed by atoms with Crippen molar-refractivity contribution < 1.29 is 4.79 Å². The summed E-state index contributed by atoms with van der Waals surface area (Å²) in [4.78, 5) is 15.0. The third-order valence-corrected chi connectivity index (χ3v) is 3.11. The van der Waals surface area contributed by atoms with Gasteiger partial charge in [-0.05, 0) is 24.1 Å². The second-order valence-corrected chi connectivity index (χ2v) is 4.57. The molecule has 2 heterocycles. The molecule has 0 atom stereocenters. The Hall–Kier alpha value is -2.75. The van der Waals surface area contributed by atoms with Gasteiger partial charge >= 0.3 is 0 Å². The van der Waals surface area contributed by atoms with E-state index in [0.29, 0.717) is 5.56 Å². The molecule has 0 bridgehead atoms. The van der Waals surface area contributed by atoms with Crippen LogP contribution in [0.5, 0.6) is 0 Å². The standard InChI is InChI=1S/C16H13N3O/c1-12-7-13(11-20)8-17-16(12)19-10-15(9-18-19)14-5-3-2-4-6-14/h2-11H,1H3. The van der Waals surface area contributed by atoms with Gasteiger partial charge in [0, 0.05) is 23.5 Å². The van der Waals surface area contributed by atoms with Crippen LogP contribution in [0.25, 0.3) is 16.9 Å². The van der Waals surface area contributed by atoms with E-state index in [4.69, 9.17) is 0 Å². The van der Waals surface area contributed by atoms with E-state index in [-0.39, 0.29) is 0 Å². The average Bonchev–Trinajstić information content (AvgIpc) is 2.97. The van der Waals surface area contributed by atoms with Crippen molar-refractivity contribution in [1.29, 1.82) is 0 Å². The molecule has 0 spiro atoms. The molecule has 20 heavy (non-hydrogen) atoms. The first kappa shape index (κ1) is 12.3. The van der Waals surface area contributed by atoms with Crippen molar-refractivity contribution in [2.45, 2.75) is 6.92 Å². The second-order valence-electron chi connectivity index (χ2n) is 4.57. The van der Waals surface area contributed by atoms with Crippen LogP contribution < -0.4 is 0 Å². The zero-order chi connectivity index (χ0) is 13.9. The predicted octanol–water partition coefficient (Wildman–Crippen LogP) is 3.06. The Morgan fingerprint density at radius 3 is 2.60 bits per heavy atom. The zero-order valence-corrected chi connectivity index (χ0v) is 11.0. The van der Waals surface area contributed by atoms with E-state index in [1.807, 2.05) is 49.6 Å². The predicted molar refractivity (Wildman–Crippen MR) is 76.9 cm³/mol. The number of nitrogens with zero attached hydrogens (tertiary/aromatic N) is 3. The summed E-state index contributed by atoms with van der Waals surface area (Å²) >= 11 is 0. The summed E-state index contributed by atoms with van der Waals surface area (Å²) < 4.78 is 1.73. The SMILES string of the molecule is Cc1cc(C=O)cnc1-n1cc(-c2ccccc2)cn1. The Balaban J connectivity index is 2.00. The summed E-state index contributed by atoms with van der Waals surface area (Å²) in [6.45, 7) is 1.92. The van der Waals surface area contributed by atoms with Crippen molar-refractivity contribution in [3.05, 3.63) is 66.1 Å². The van der Waals surface area contributed by atoms with Gasteiger partial charge in [-0.2, -0.15) is 5.10 Å². The average molecular weight is 263 g/mol. The number of pyridine rings is 1. The molecule has 2 aromatic heterocycles. The molecule has 0 fully saturated rings. The number of hydrogen-bond donors (Lipinski definition) is 0. The van der Waals surface area contributed by atoms with Crippen LogP contribution in [-0.4, -0.2) is 21.1 Å². The van der Waals surface area contributed by atoms with Gasteiger partial charge in [-0.1, -0.05) is 30.3 Å². The van der Waals surface area contributed by atoms with Gasteiger partial charge in [0.1, 0.15) is 0 Å². The van der Waals surface area contributed by atoms with E-state index in [9.17, 15) is 4.79 Å². The molecule has 1 aromatic carbocycles. The summed E-state index contributed by atoms with van der Waals surface area (Å²) in [6.07, 6.45) is 6.09. The summed E-state index contributed by atoms with van der Waals surface area (Å²) in [7, 11) is 0. The van der Waals surface area contributed by atoms with Crippen LogP contribution in [0.15, 0.2) is 55.0 Å². The highest BCUT2D eigenvalue weighted by atomic mass is 16.1. The lowest BCUT2D eigenvalue weighted by atomic mass is 10.1. The van der Waals surface area contributed by atoms with Crippen molar-refractivity contribution in [1.82, 2.24) is 14.8 Å². The largest absolute Gasteiger partial charge is 0.298 e. The van der Waals surface area contributed by atoms with E-state index in [0.717, 1.165) is 28.8 Å². The molecule has 0 saturated carbocycles. The molecular weight excluding hydrogens is 250 g/mol. The summed E-state index contributed by atoms with van der Waals surface area (Å²) in [5.41, 5.74) is 3.63. The molecule has 0 aliphatic heterocycles. The van der Waals surface area contributed by atoms with Crippen LogP contribution in [0.2, 0.25) is 0 Å². The summed E-state index contributed by atoms with van der Waals surface area (Å²) in [5.74, 6) is 0.734. The van der Waals surface area contributed by atoms with Gasteiger partial charge in [0.05, 0.1) is 6.20 Å². The minimum atomic E-state index is 0.571. The topological polar surface area (TPSA) is 47.8 Å².